The Morgan fingerprint density at radius 3 is 1.49 bits per heavy atom. The summed E-state index contributed by atoms with van der Waals surface area (Å²) in [7, 11) is 0. The van der Waals surface area contributed by atoms with Crippen LogP contribution in [0.3, 0.4) is 0 Å². The third kappa shape index (κ3) is 5.86. The van der Waals surface area contributed by atoms with Crippen molar-refractivity contribution in [2.45, 2.75) is 29.6 Å². The number of rotatable bonds is 3. The van der Waals surface area contributed by atoms with Gasteiger partial charge in [-0.25, -0.2) is 0 Å². The molecule has 3 unspecified atom stereocenters. The van der Waals surface area contributed by atoms with Crippen molar-refractivity contribution in [2.24, 2.45) is 0 Å². The lowest BCUT2D eigenvalue weighted by atomic mass is 9.60. The minimum Gasteiger partial charge on any atom is -0.312 e. The van der Waals surface area contributed by atoms with Gasteiger partial charge in [-0.05, 0) is 209 Å². The maximum atomic E-state index is 2.63. The van der Waals surface area contributed by atoms with Gasteiger partial charge in [-0.2, -0.15) is 0 Å². The maximum Gasteiger partial charge on any atom is 0.0754 e. The highest BCUT2D eigenvalue weighted by atomic mass is 15.2. The molecule has 16 aromatic carbocycles. The molecule has 0 amide bonds. The first-order valence-electron chi connectivity index (χ1n) is 33.7. The van der Waals surface area contributed by atoms with Crippen LogP contribution in [0.5, 0.6) is 0 Å². The molecule has 23 rings (SSSR count). The van der Waals surface area contributed by atoms with Crippen molar-refractivity contribution in [3.05, 3.63) is 365 Å². The summed E-state index contributed by atoms with van der Waals surface area (Å²) in [6.45, 7) is 2.49. The Bertz CT molecular complexity index is 6480. The first-order chi connectivity index (χ1) is 47.0. The standard InChI is InChI=1S/C93H56N2/c1-91-51-21-44-79-90(91)95(81-46-11-7-38-73(81)91)83-48-13-9-40-75(83)93(79)72-37-6-3-27-67(72)88-61(34-19-42-77(88)93)58-29-17-32-63-69(58)53-68-57(28-16-31-62(68)86(63)70-52-56-24-14-22-54-49-50-55-23-15-30-64(70)85(55)84(54)56)60-33-18-41-76-87(60)66-26-2-5-36-71(66)92(76)74-39-8-12-47-82(74)94-80-45-10-4-25-59(80)65-35-20-43-78(92)89(65)94/h2-50,52-53H,51H2,1H3. The van der Waals surface area contributed by atoms with E-state index in [1.54, 1.807) is 0 Å². The van der Waals surface area contributed by atoms with Crippen molar-refractivity contribution in [1.82, 2.24) is 4.57 Å². The second-order valence-corrected chi connectivity index (χ2v) is 27.7. The molecule has 4 heterocycles. The van der Waals surface area contributed by atoms with Crippen molar-refractivity contribution in [3.63, 3.8) is 0 Å². The van der Waals surface area contributed by atoms with Crippen LogP contribution in [0.25, 0.3) is 137 Å². The summed E-state index contributed by atoms with van der Waals surface area (Å²) in [5, 5.41) is 15.2. The zero-order valence-corrected chi connectivity index (χ0v) is 52.0. The van der Waals surface area contributed by atoms with Gasteiger partial charge >= 0.3 is 0 Å². The van der Waals surface area contributed by atoms with Gasteiger partial charge in [0.15, 0.2) is 0 Å². The summed E-state index contributed by atoms with van der Waals surface area (Å²) in [6.07, 6.45) is 5.93. The van der Waals surface area contributed by atoms with E-state index < -0.39 is 10.8 Å². The minimum atomic E-state index is -0.596. The van der Waals surface area contributed by atoms with Gasteiger partial charge in [-0.3, -0.25) is 0 Å². The highest BCUT2D eigenvalue weighted by Crippen LogP contribution is 2.70. The zero-order valence-electron chi connectivity index (χ0n) is 52.0. The third-order valence-corrected chi connectivity index (χ3v) is 23.7. The van der Waals surface area contributed by atoms with Crippen LogP contribution in [-0.4, -0.2) is 4.57 Å². The fraction of sp³-hybridized carbons (Fsp3) is 0.0538. The molecule has 6 aliphatic rings. The van der Waals surface area contributed by atoms with Crippen molar-refractivity contribution in [1.29, 1.82) is 0 Å². The van der Waals surface area contributed by atoms with Gasteiger partial charge in [0.05, 0.1) is 38.9 Å². The molecule has 17 aromatic rings. The summed E-state index contributed by atoms with van der Waals surface area (Å²) < 4.78 is 2.55. The number of benzene rings is 16. The number of anilines is 2. The Morgan fingerprint density at radius 2 is 0.768 bits per heavy atom. The van der Waals surface area contributed by atoms with Gasteiger partial charge in [-0.15, -0.1) is 0 Å². The third-order valence-electron chi connectivity index (χ3n) is 23.7. The van der Waals surface area contributed by atoms with Crippen LogP contribution in [0.15, 0.2) is 321 Å². The fourth-order valence-corrected chi connectivity index (χ4v) is 20.3. The smallest absolute Gasteiger partial charge is 0.0754 e. The molecule has 438 valence electrons. The van der Waals surface area contributed by atoms with Crippen molar-refractivity contribution < 1.29 is 0 Å². The second kappa shape index (κ2) is 17.6. The molecule has 0 radical (unpaired) electrons. The van der Waals surface area contributed by atoms with Gasteiger partial charge in [0.2, 0.25) is 0 Å². The van der Waals surface area contributed by atoms with E-state index in [4.69, 9.17) is 0 Å². The summed E-state index contributed by atoms with van der Waals surface area (Å²) in [6, 6.07) is 115. The van der Waals surface area contributed by atoms with E-state index in [1.807, 2.05) is 0 Å². The van der Waals surface area contributed by atoms with E-state index in [9.17, 15) is 0 Å². The topological polar surface area (TPSA) is 8.17 Å². The maximum absolute atomic E-state index is 2.63. The highest BCUT2D eigenvalue weighted by molar-refractivity contribution is 6.30. The molecule has 2 nitrogen and oxygen atoms in total. The molecule has 2 spiro atoms. The molecular formula is C93H56N2. The Morgan fingerprint density at radius 1 is 0.295 bits per heavy atom. The normalized spacial score (nSPS) is 18.8. The van der Waals surface area contributed by atoms with Crippen molar-refractivity contribution >= 4 is 87.0 Å². The SMILES string of the molecule is CC12CC=CC3=C1N(c1ccccc12)c1ccccc1C31c2ccccc2-c2c(-c3cccc4c(-c5cc6cccc7ccc8cccc5c8c76)c5cccc(-c6cccc7c6-c6ccccc6C76c7ccccc7-n7c8ccccc8c8cccc6c87)c5cc34)cccc21. The van der Waals surface area contributed by atoms with E-state index in [-0.39, 0.29) is 5.41 Å². The Labute approximate surface area is 549 Å². The number of aromatic nitrogens is 1. The largest absolute Gasteiger partial charge is 0.312 e. The number of allylic oxidation sites excluding steroid dienone is 4. The number of hydrogen-bond donors (Lipinski definition) is 0. The van der Waals surface area contributed by atoms with E-state index in [1.165, 1.54) is 204 Å². The lowest BCUT2D eigenvalue weighted by Gasteiger charge is -2.47. The molecule has 0 saturated heterocycles. The van der Waals surface area contributed by atoms with Crippen LogP contribution in [-0.2, 0) is 16.2 Å². The Balaban J connectivity index is 0.835. The van der Waals surface area contributed by atoms with E-state index in [2.05, 4.69) is 326 Å². The monoisotopic (exact) mass is 1200 g/mol. The minimum absolute atomic E-state index is 0.205. The molecule has 3 aliphatic heterocycles. The van der Waals surface area contributed by atoms with Gasteiger partial charge in [0.25, 0.3) is 0 Å². The average molecular weight is 1200 g/mol. The van der Waals surface area contributed by atoms with Gasteiger partial charge in [0.1, 0.15) is 0 Å². The quantitative estimate of drug-likeness (QED) is 0.126. The molecule has 95 heavy (non-hydrogen) atoms. The summed E-state index contributed by atoms with van der Waals surface area (Å²) >= 11 is 0. The van der Waals surface area contributed by atoms with Crippen molar-refractivity contribution in [2.75, 3.05) is 4.90 Å². The summed E-state index contributed by atoms with van der Waals surface area (Å²) in [5.74, 6) is 0. The molecule has 0 fully saturated rings. The second-order valence-electron chi connectivity index (χ2n) is 27.7. The predicted octanol–water partition coefficient (Wildman–Crippen LogP) is 23.6. The number of nitrogens with zero attached hydrogens (tertiary/aromatic N) is 2. The molecule has 0 saturated carbocycles. The predicted molar refractivity (Wildman–Crippen MR) is 395 cm³/mol. The van der Waals surface area contributed by atoms with Crippen LogP contribution < -0.4 is 4.90 Å². The van der Waals surface area contributed by atoms with E-state index >= 15 is 0 Å². The van der Waals surface area contributed by atoms with Crippen LogP contribution in [0.2, 0.25) is 0 Å². The summed E-state index contributed by atoms with van der Waals surface area (Å²) in [5.41, 5.74) is 31.0. The Kier molecular flexibility index (Phi) is 9.43. The first kappa shape index (κ1) is 50.8. The lowest BCUT2D eigenvalue weighted by molar-refractivity contribution is 0.547. The molecule has 0 bridgehead atoms. The first-order valence-corrected chi connectivity index (χ1v) is 33.7. The van der Waals surface area contributed by atoms with E-state index in [0.717, 1.165) is 6.42 Å². The molecular weight excluding hydrogens is 1150 g/mol. The van der Waals surface area contributed by atoms with Crippen LogP contribution in [0.1, 0.15) is 57.9 Å². The zero-order chi connectivity index (χ0) is 61.8. The lowest BCUT2D eigenvalue weighted by Crippen LogP contribution is -2.42. The molecule has 1 aromatic heterocycles. The number of para-hydroxylation sites is 5. The Hall–Kier alpha value is -11.8. The van der Waals surface area contributed by atoms with Crippen LogP contribution in [0.4, 0.5) is 11.4 Å². The van der Waals surface area contributed by atoms with Gasteiger partial charge < -0.3 is 9.47 Å². The molecule has 2 heteroatoms. The highest BCUT2D eigenvalue weighted by Gasteiger charge is 2.59. The van der Waals surface area contributed by atoms with E-state index in [0.29, 0.717) is 0 Å². The van der Waals surface area contributed by atoms with Gasteiger partial charge in [-0.1, -0.05) is 273 Å². The summed E-state index contributed by atoms with van der Waals surface area (Å²) in [4.78, 5) is 2.63. The van der Waals surface area contributed by atoms with Crippen LogP contribution >= 0.6 is 0 Å². The molecule has 3 atom stereocenters. The fourth-order valence-electron chi connectivity index (χ4n) is 20.3. The molecule has 0 N–H and O–H groups in total. The van der Waals surface area contributed by atoms with Crippen LogP contribution in [0, 0.1) is 0 Å². The van der Waals surface area contributed by atoms with Crippen molar-refractivity contribution in [3.8, 4) is 61.3 Å². The van der Waals surface area contributed by atoms with Gasteiger partial charge in [0, 0.05) is 21.9 Å². The molecule has 3 aliphatic carbocycles. The number of hydrogen-bond acceptors (Lipinski definition) is 1. The average Bonchev–Trinajstić information content (AvgIpc) is 1.52. The number of fused-ring (bicyclic) bond motifs is 26.